The normalized spacial score (nSPS) is 11.9. The first-order valence-corrected chi connectivity index (χ1v) is 4.94. The Bertz CT molecular complexity index is 348. The van der Waals surface area contributed by atoms with Crippen LogP contribution in [-0.2, 0) is 0 Å². The second kappa shape index (κ2) is 4.75. The van der Waals surface area contributed by atoms with Crippen molar-refractivity contribution < 1.29 is 0 Å². The zero-order chi connectivity index (χ0) is 10.6. The average molecular weight is 187 g/mol. The fraction of sp³-hybridized carbons (Fsp3) is 0.308. The van der Waals surface area contributed by atoms with Crippen LogP contribution in [0.2, 0.25) is 0 Å². The van der Waals surface area contributed by atoms with Crippen LogP contribution in [0.1, 0.15) is 32.0 Å². The van der Waals surface area contributed by atoms with Gasteiger partial charge in [0, 0.05) is 11.8 Å². The molecule has 0 spiro atoms. The molecule has 0 saturated carbocycles. The highest BCUT2D eigenvalue weighted by Gasteiger charge is 2.08. The summed E-state index contributed by atoms with van der Waals surface area (Å²) in [6, 6.07) is 4.06. The van der Waals surface area contributed by atoms with Crippen LogP contribution in [0.25, 0.3) is 11.6 Å². The molecule has 1 heterocycles. The third kappa shape index (κ3) is 2.11. The van der Waals surface area contributed by atoms with Crippen LogP contribution in [0.4, 0.5) is 0 Å². The van der Waals surface area contributed by atoms with Crippen LogP contribution in [0.3, 0.4) is 0 Å². The molecule has 14 heavy (non-hydrogen) atoms. The molecule has 1 rings (SSSR count). The Morgan fingerprint density at radius 2 is 2.21 bits per heavy atom. The Morgan fingerprint density at radius 1 is 1.50 bits per heavy atom. The van der Waals surface area contributed by atoms with Crippen molar-refractivity contribution >= 4 is 11.6 Å². The van der Waals surface area contributed by atoms with Gasteiger partial charge in [0.1, 0.15) is 0 Å². The maximum atomic E-state index is 4.29. The molecule has 0 amide bonds. The van der Waals surface area contributed by atoms with E-state index in [0.717, 1.165) is 5.69 Å². The third-order valence-corrected chi connectivity index (χ3v) is 2.28. The van der Waals surface area contributed by atoms with Crippen molar-refractivity contribution in [3.63, 3.8) is 0 Å². The van der Waals surface area contributed by atoms with Crippen molar-refractivity contribution in [1.29, 1.82) is 0 Å². The van der Waals surface area contributed by atoms with Crippen LogP contribution in [0.5, 0.6) is 0 Å². The van der Waals surface area contributed by atoms with E-state index in [0.29, 0.717) is 5.92 Å². The lowest BCUT2D eigenvalue weighted by Crippen LogP contribution is -1.97. The van der Waals surface area contributed by atoms with E-state index in [1.54, 1.807) is 12.3 Å². The Kier molecular flexibility index (Phi) is 3.63. The van der Waals surface area contributed by atoms with Crippen molar-refractivity contribution in [1.82, 2.24) is 4.98 Å². The van der Waals surface area contributed by atoms with E-state index in [1.807, 2.05) is 6.07 Å². The van der Waals surface area contributed by atoms with Crippen LogP contribution < -0.4 is 0 Å². The smallest absolute Gasteiger partial charge is 0.0698 e. The molecule has 0 fully saturated rings. The lowest BCUT2D eigenvalue weighted by Gasteiger charge is -2.12. The molecule has 0 aliphatic rings. The first-order valence-electron chi connectivity index (χ1n) is 4.94. The Balaban J connectivity index is 3.23. The number of aromatic nitrogens is 1. The Hall–Kier alpha value is -1.37. The van der Waals surface area contributed by atoms with Crippen molar-refractivity contribution in [3.05, 3.63) is 42.2 Å². The van der Waals surface area contributed by atoms with Gasteiger partial charge in [0.15, 0.2) is 0 Å². The molecule has 1 aromatic rings. The third-order valence-electron chi connectivity index (χ3n) is 2.28. The number of rotatable bonds is 3. The number of hydrogen-bond acceptors (Lipinski definition) is 1. The highest BCUT2D eigenvalue weighted by Crippen LogP contribution is 2.25. The number of allylic oxidation sites excluding steroid dienone is 2. The van der Waals surface area contributed by atoms with Crippen molar-refractivity contribution in [3.8, 4) is 0 Å². The van der Waals surface area contributed by atoms with Crippen LogP contribution in [-0.4, -0.2) is 4.98 Å². The number of pyridine rings is 1. The molecule has 1 heteroatoms. The zero-order valence-electron chi connectivity index (χ0n) is 9.12. The predicted molar refractivity (Wildman–Crippen MR) is 62.8 cm³/mol. The summed E-state index contributed by atoms with van der Waals surface area (Å²) in [5.41, 5.74) is 3.49. The summed E-state index contributed by atoms with van der Waals surface area (Å²) in [5.74, 6) is 0.517. The molecular weight excluding hydrogens is 170 g/mol. The fourth-order valence-corrected chi connectivity index (χ4v) is 1.62. The molecule has 0 N–H and O–H groups in total. The SMILES string of the molecule is C=Cc1ncccc1/C(=C\C)C(C)C. The quantitative estimate of drug-likeness (QED) is 0.701. The second-order valence-corrected chi connectivity index (χ2v) is 3.54. The van der Waals surface area contributed by atoms with Gasteiger partial charge < -0.3 is 0 Å². The molecule has 1 aromatic heterocycles. The van der Waals surface area contributed by atoms with E-state index in [2.05, 4.69) is 44.5 Å². The Labute approximate surface area is 86.2 Å². The lowest BCUT2D eigenvalue weighted by molar-refractivity contribution is 0.852. The summed E-state index contributed by atoms with van der Waals surface area (Å²) < 4.78 is 0. The van der Waals surface area contributed by atoms with Gasteiger partial charge in [-0.1, -0.05) is 32.6 Å². The molecule has 74 valence electrons. The van der Waals surface area contributed by atoms with E-state index in [1.165, 1.54) is 11.1 Å². The Morgan fingerprint density at radius 3 is 2.71 bits per heavy atom. The van der Waals surface area contributed by atoms with Gasteiger partial charge in [-0.3, -0.25) is 4.98 Å². The first-order chi connectivity index (χ1) is 6.70. The maximum absolute atomic E-state index is 4.29. The van der Waals surface area contributed by atoms with Gasteiger partial charge >= 0.3 is 0 Å². The topological polar surface area (TPSA) is 12.9 Å². The van der Waals surface area contributed by atoms with Gasteiger partial charge in [0.25, 0.3) is 0 Å². The molecule has 0 bridgehead atoms. The lowest BCUT2D eigenvalue weighted by atomic mass is 9.94. The van der Waals surface area contributed by atoms with E-state index >= 15 is 0 Å². The minimum atomic E-state index is 0.517. The van der Waals surface area contributed by atoms with E-state index in [9.17, 15) is 0 Å². The highest BCUT2D eigenvalue weighted by molar-refractivity contribution is 5.72. The standard InChI is InChI=1S/C13H17N/c1-5-11(10(3)4)12-8-7-9-14-13(12)6-2/h5-10H,2H2,1,3-4H3/b11-5-. The largest absolute Gasteiger partial charge is 0.256 e. The van der Waals surface area contributed by atoms with Crippen molar-refractivity contribution in [2.45, 2.75) is 20.8 Å². The molecule has 0 saturated heterocycles. The minimum Gasteiger partial charge on any atom is -0.256 e. The molecular formula is C13H17N. The monoisotopic (exact) mass is 187 g/mol. The van der Waals surface area contributed by atoms with Gasteiger partial charge in [-0.15, -0.1) is 0 Å². The summed E-state index contributed by atoms with van der Waals surface area (Å²) in [6.45, 7) is 10.2. The number of nitrogens with zero attached hydrogens (tertiary/aromatic N) is 1. The van der Waals surface area contributed by atoms with Gasteiger partial charge in [0.2, 0.25) is 0 Å². The van der Waals surface area contributed by atoms with Crippen LogP contribution in [0.15, 0.2) is 31.0 Å². The van der Waals surface area contributed by atoms with Crippen LogP contribution in [0, 0.1) is 5.92 Å². The molecule has 0 aliphatic carbocycles. The van der Waals surface area contributed by atoms with Gasteiger partial charge in [-0.25, -0.2) is 0 Å². The molecule has 0 radical (unpaired) electrons. The summed E-state index contributed by atoms with van der Waals surface area (Å²) in [6.07, 6.45) is 5.75. The molecule has 1 nitrogen and oxygen atoms in total. The average Bonchev–Trinajstić information content (AvgIpc) is 2.19. The van der Waals surface area contributed by atoms with E-state index < -0.39 is 0 Å². The predicted octanol–water partition coefficient (Wildman–Crippen LogP) is 3.78. The zero-order valence-corrected chi connectivity index (χ0v) is 9.12. The van der Waals surface area contributed by atoms with E-state index in [-0.39, 0.29) is 0 Å². The highest BCUT2D eigenvalue weighted by atomic mass is 14.7. The summed E-state index contributed by atoms with van der Waals surface area (Å²) in [4.78, 5) is 4.29. The van der Waals surface area contributed by atoms with Crippen molar-refractivity contribution in [2.24, 2.45) is 5.92 Å². The molecule has 0 unspecified atom stereocenters. The van der Waals surface area contributed by atoms with Crippen molar-refractivity contribution in [2.75, 3.05) is 0 Å². The molecule has 0 atom stereocenters. The number of hydrogen-bond donors (Lipinski definition) is 0. The van der Waals surface area contributed by atoms with Gasteiger partial charge in [0.05, 0.1) is 5.69 Å². The summed E-state index contributed by atoms with van der Waals surface area (Å²) in [5, 5.41) is 0. The molecule has 0 aromatic carbocycles. The van der Waals surface area contributed by atoms with Crippen LogP contribution >= 0.6 is 0 Å². The summed E-state index contributed by atoms with van der Waals surface area (Å²) >= 11 is 0. The summed E-state index contributed by atoms with van der Waals surface area (Å²) in [7, 11) is 0. The maximum Gasteiger partial charge on any atom is 0.0698 e. The van der Waals surface area contributed by atoms with E-state index in [4.69, 9.17) is 0 Å². The fourth-order valence-electron chi connectivity index (χ4n) is 1.62. The minimum absolute atomic E-state index is 0.517. The second-order valence-electron chi connectivity index (χ2n) is 3.54. The molecule has 0 aliphatic heterocycles. The van der Waals surface area contributed by atoms with Gasteiger partial charge in [-0.2, -0.15) is 0 Å². The first kappa shape index (κ1) is 10.7. The van der Waals surface area contributed by atoms with Gasteiger partial charge in [-0.05, 0) is 30.6 Å².